The molecule has 1 aliphatic rings. The lowest BCUT2D eigenvalue weighted by Gasteiger charge is -2.34. The molecule has 2 aromatic carbocycles. The van der Waals surface area contributed by atoms with Gasteiger partial charge in [-0.2, -0.15) is 0 Å². The van der Waals surface area contributed by atoms with Crippen LogP contribution >= 0.6 is 0 Å². The highest BCUT2D eigenvalue weighted by molar-refractivity contribution is 5.93. The van der Waals surface area contributed by atoms with E-state index in [2.05, 4.69) is 78.4 Å². The van der Waals surface area contributed by atoms with E-state index < -0.39 is 0 Å². The van der Waals surface area contributed by atoms with Crippen LogP contribution in [0.15, 0.2) is 42.5 Å². The Balaban J connectivity index is 1.49. The Morgan fingerprint density at radius 3 is 2.22 bits per heavy atom. The third-order valence-electron chi connectivity index (χ3n) is 5.49. The maximum absolute atomic E-state index is 12.6. The maximum Gasteiger partial charge on any atom is 0.238 e. The van der Waals surface area contributed by atoms with Crippen LogP contribution in [0.5, 0.6) is 0 Å². The number of carbonyl (C=O) groups excluding carboxylic acids is 1. The number of para-hydroxylation sites is 1. The van der Waals surface area contributed by atoms with Gasteiger partial charge in [0.05, 0.1) is 6.54 Å². The van der Waals surface area contributed by atoms with Crippen molar-refractivity contribution in [2.24, 2.45) is 0 Å². The smallest absolute Gasteiger partial charge is 0.238 e. The van der Waals surface area contributed by atoms with Crippen LogP contribution in [-0.4, -0.2) is 48.4 Å². The minimum Gasteiger partial charge on any atom is -0.324 e. The molecule has 0 atom stereocenters. The van der Waals surface area contributed by atoms with E-state index in [1.807, 2.05) is 0 Å². The van der Waals surface area contributed by atoms with Crippen LogP contribution in [0, 0.1) is 13.8 Å². The van der Waals surface area contributed by atoms with Gasteiger partial charge < -0.3 is 5.32 Å². The van der Waals surface area contributed by atoms with E-state index in [-0.39, 0.29) is 5.91 Å². The Morgan fingerprint density at radius 2 is 1.52 bits per heavy atom. The summed E-state index contributed by atoms with van der Waals surface area (Å²) in [7, 11) is 0. The second kappa shape index (κ2) is 9.16. The Hall–Kier alpha value is -2.17. The molecule has 0 aromatic heterocycles. The minimum atomic E-state index is 0.0892. The molecular weight excluding hydrogens is 334 g/mol. The first-order chi connectivity index (χ1) is 13.1. The molecule has 0 bridgehead atoms. The van der Waals surface area contributed by atoms with Gasteiger partial charge in [-0.15, -0.1) is 0 Å². The highest BCUT2D eigenvalue weighted by Crippen LogP contribution is 2.21. The molecule has 4 heteroatoms. The predicted octanol–water partition coefficient (Wildman–Crippen LogP) is 3.62. The van der Waals surface area contributed by atoms with Gasteiger partial charge in [0, 0.05) is 38.4 Å². The van der Waals surface area contributed by atoms with Crippen LogP contribution in [-0.2, 0) is 17.8 Å². The number of anilines is 1. The molecule has 1 saturated heterocycles. The Morgan fingerprint density at radius 1 is 0.889 bits per heavy atom. The summed E-state index contributed by atoms with van der Waals surface area (Å²) in [5.74, 6) is 0.0892. The molecule has 1 heterocycles. The summed E-state index contributed by atoms with van der Waals surface area (Å²) in [6, 6.07) is 14.8. The van der Waals surface area contributed by atoms with Gasteiger partial charge in [0.15, 0.2) is 0 Å². The fraction of sp³-hybridized carbons (Fsp3) is 0.435. The van der Waals surface area contributed by atoms with Crippen LogP contribution in [0.3, 0.4) is 0 Å². The topological polar surface area (TPSA) is 35.6 Å². The molecule has 0 unspecified atom stereocenters. The van der Waals surface area contributed by atoms with Gasteiger partial charge in [-0.3, -0.25) is 14.6 Å². The lowest BCUT2D eigenvalue weighted by molar-refractivity contribution is -0.117. The third-order valence-corrected chi connectivity index (χ3v) is 5.49. The van der Waals surface area contributed by atoms with Crippen molar-refractivity contribution in [3.05, 3.63) is 64.7 Å². The zero-order valence-corrected chi connectivity index (χ0v) is 16.8. The van der Waals surface area contributed by atoms with E-state index in [4.69, 9.17) is 0 Å². The number of carbonyl (C=O) groups is 1. The first-order valence-electron chi connectivity index (χ1n) is 9.94. The molecule has 4 nitrogen and oxygen atoms in total. The van der Waals surface area contributed by atoms with Gasteiger partial charge >= 0.3 is 0 Å². The van der Waals surface area contributed by atoms with Gasteiger partial charge in [0.25, 0.3) is 0 Å². The number of nitrogens with one attached hydrogen (secondary N) is 1. The molecule has 0 spiro atoms. The molecule has 0 aliphatic carbocycles. The number of amides is 1. The number of aryl methyl sites for hydroxylation is 3. The second-order valence-electron chi connectivity index (χ2n) is 7.49. The van der Waals surface area contributed by atoms with Crippen LogP contribution in [0.1, 0.15) is 29.2 Å². The van der Waals surface area contributed by atoms with Gasteiger partial charge in [-0.05, 0) is 42.5 Å². The lowest BCUT2D eigenvalue weighted by atomic mass is 10.1. The van der Waals surface area contributed by atoms with E-state index in [0.29, 0.717) is 6.54 Å². The molecule has 144 valence electrons. The number of piperazine rings is 1. The number of benzene rings is 2. The Bertz CT molecular complexity index is 779. The van der Waals surface area contributed by atoms with Crippen LogP contribution in [0.25, 0.3) is 0 Å². The summed E-state index contributed by atoms with van der Waals surface area (Å²) in [6.45, 7) is 11.7. The third kappa shape index (κ3) is 5.18. The molecule has 1 aliphatic heterocycles. The normalized spacial score (nSPS) is 15.7. The second-order valence-corrected chi connectivity index (χ2v) is 7.49. The average molecular weight is 366 g/mol. The monoisotopic (exact) mass is 365 g/mol. The van der Waals surface area contributed by atoms with Gasteiger partial charge in [0.2, 0.25) is 5.91 Å². The quantitative estimate of drug-likeness (QED) is 0.849. The standard InChI is InChI=1S/C23H31N3O/c1-4-20-11-7-9-19(3)23(20)24-22(27)17-26-14-12-25(13-15-26)16-21-10-6-5-8-18(21)2/h5-11H,4,12-17H2,1-3H3,(H,24,27). The fourth-order valence-electron chi connectivity index (χ4n) is 3.72. The summed E-state index contributed by atoms with van der Waals surface area (Å²) >= 11 is 0. The first-order valence-corrected chi connectivity index (χ1v) is 9.94. The molecule has 27 heavy (non-hydrogen) atoms. The average Bonchev–Trinajstić information content (AvgIpc) is 2.67. The first kappa shape index (κ1) is 19.6. The van der Waals surface area contributed by atoms with Crippen molar-refractivity contribution >= 4 is 11.6 Å². The number of rotatable bonds is 6. The molecule has 1 N–H and O–H groups in total. The summed E-state index contributed by atoms with van der Waals surface area (Å²) in [5.41, 5.74) is 6.07. The van der Waals surface area contributed by atoms with E-state index in [1.54, 1.807) is 0 Å². The predicted molar refractivity (Wildman–Crippen MR) is 112 cm³/mol. The lowest BCUT2D eigenvalue weighted by Crippen LogP contribution is -2.48. The van der Waals surface area contributed by atoms with Crippen LogP contribution in [0.2, 0.25) is 0 Å². The van der Waals surface area contributed by atoms with Crippen molar-refractivity contribution in [3.63, 3.8) is 0 Å². The number of hydrogen-bond acceptors (Lipinski definition) is 3. The van der Waals surface area contributed by atoms with Crippen molar-refractivity contribution in [2.75, 3.05) is 38.0 Å². The largest absolute Gasteiger partial charge is 0.324 e. The Labute approximate surface area is 163 Å². The van der Waals surface area contributed by atoms with E-state index in [1.165, 1.54) is 16.7 Å². The van der Waals surface area contributed by atoms with Gasteiger partial charge in [0.1, 0.15) is 0 Å². The van der Waals surface area contributed by atoms with Crippen LogP contribution in [0.4, 0.5) is 5.69 Å². The SMILES string of the molecule is CCc1cccc(C)c1NC(=O)CN1CCN(Cc2ccccc2C)CC1. The molecule has 3 rings (SSSR count). The van der Waals surface area contributed by atoms with Crippen molar-refractivity contribution < 1.29 is 4.79 Å². The van der Waals surface area contributed by atoms with Gasteiger partial charge in [-0.1, -0.05) is 49.4 Å². The molecule has 0 radical (unpaired) electrons. The fourth-order valence-corrected chi connectivity index (χ4v) is 3.72. The number of nitrogens with zero attached hydrogens (tertiary/aromatic N) is 2. The highest BCUT2D eigenvalue weighted by Gasteiger charge is 2.20. The van der Waals surface area contributed by atoms with Crippen molar-refractivity contribution in [2.45, 2.75) is 33.7 Å². The summed E-state index contributed by atoms with van der Waals surface area (Å²) in [5, 5.41) is 3.14. The van der Waals surface area contributed by atoms with Crippen molar-refractivity contribution in [3.8, 4) is 0 Å². The van der Waals surface area contributed by atoms with Crippen molar-refractivity contribution in [1.82, 2.24) is 9.80 Å². The molecule has 2 aromatic rings. The summed E-state index contributed by atoms with van der Waals surface area (Å²) < 4.78 is 0. The van der Waals surface area contributed by atoms with E-state index in [9.17, 15) is 4.79 Å². The zero-order valence-electron chi connectivity index (χ0n) is 16.8. The van der Waals surface area contributed by atoms with Crippen LogP contribution < -0.4 is 5.32 Å². The minimum absolute atomic E-state index is 0.0892. The molecular formula is C23H31N3O. The number of hydrogen-bond donors (Lipinski definition) is 1. The van der Waals surface area contributed by atoms with E-state index in [0.717, 1.165) is 50.4 Å². The van der Waals surface area contributed by atoms with E-state index >= 15 is 0 Å². The summed E-state index contributed by atoms with van der Waals surface area (Å²) in [6.07, 6.45) is 0.925. The Kier molecular flexibility index (Phi) is 6.64. The highest BCUT2D eigenvalue weighted by atomic mass is 16.2. The van der Waals surface area contributed by atoms with Gasteiger partial charge in [-0.25, -0.2) is 0 Å². The summed E-state index contributed by atoms with van der Waals surface area (Å²) in [4.78, 5) is 17.3. The zero-order chi connectivity index (χ0) is 19.2. The molecule has 0 saturated carbocycles. The molecule has 1 amide bonds. The molecule has 1 fully saturated rings. The van der Waals surface area contributed by atoms with Crippen molar-refractivity contribution in [1.29, 1.82) is 0 Å². The maximum atomic E-state index is 12.6.